The lowest BCUT2D eigenvalue weighted by molar-refractivity contribution is 0.546. The lowest BCUT2D eigenvalue weighted by Gasteiger charge is -2.08. The highest BCUT2D eigenvalue weighted by atomic mass is 32.2. The fourth-order valence-electron chi connectivity index (χ4n) is 3.55. The van der Waals surface area contributed by atoms with Gasteiger partial charge in [0.1, 0.15) is 11.9 Å². The predicted molar refractivity (Wildman–Crippen MR) is 122 cm³/mol. The Morgan fingerprint density at radius 3 is 2.17 bits per heavy atom. The highest BCUT2D eigenvalue weighted by Crippen LogP contribution is 2.21. The van der Waals surface area contributed by atoms with Crippen LogP contribution in [0.5, 0.6) is 0 Å². The summed E-state index contributed by atoms with van der Waals surface area (Å²) in [5, 5.41) is 8.72. The highest BCUT2D eigenvalue weighted by molar-refractivity contribution is 7.92. The summed E-state index contributed by atoms with van der Waals surface area (Å²) < 4.78 is 32.7. The van der Waals surface area contributed by atoms with Gasteiger partial charge >= 0.3 is 0 Å². The van der Waals surface area contributed by atoms with Crippen LogP contribution in [0.2, 0.25) is 0 Å². The minimum Gasteiger partial charge on any atom is -0.440 e. The first-order valence-corrected chi connectivity index (χ1v) is 13.0. The van der Waals surface area contributed by atoms with Crippen molar-refractivity contribution in [1.82, 2.24) is 4.98 Å². The van der Waals surface area contributed by atoms with Gasteiger partial charge in [-0.1, -0.05) is 77.6 Å². The number of nitrogens with one attached hydrogen (secondary N) is 1. The van der Waals surface area contributed by atoms with Gasteiger partial charge in [-0.25, -0.2) is 13.4 Å². The van der Waals surface area contributed by atoms with Crippen LogP contribution in [0.3, 0.4) is 0 Å². The second kappa shape index (κ2) is 13.3. The van der Waals surface area contributed by atoms with Crippen LogP contribution in [0.4, 0.5) is 5.69 Å². The van der Waals surface area contributed by atoms with Crippen molar-refractivity contribution in [2.24, 2.45) is 0 Å². The Morgan fingerprint density at radius 2 is 1.57 bits per heavy atom. The van der Waals surface area contributed by atoms with Crippen molar-refractivity contribution in [2.75, 3.05) is 10.5 Å². The first-order valence-electron chi connectivity index (χ1n) is 11.3. The molecule has 0 unspecified atom stereocenters. The fourth-order valence-corrected chi connectivity index (χ4v) is 4.72. The fraction of sp³-hybridized carbons (Fsp3) is 0.652. The van der Waals surface area contributed by atoms with Gasteiger partial charge in [0, 0.05) is 0 Å². The number of aromatic nitrogens is 1. The highest BCUT2D eigenvalue weighted by Gasteiger charge is 2.12. The van der Waals surface area contributed by atoms with E-state index < -0.39 is 10.0 Å². The number of oxazole rings is 1. The molecule has 1 heterocycles. The molecule has 1 N–H and O–H groups in total. The van der Waals surface area contributed by atoms with E-state index in [4.69, 9.17) is 9.68 Å². The second-order valence-electron chi connectivity index (χ2n) is 7.94. The summed E-state index contributed by atoms with van der Waals surface area (Å²) in [6, 6.07) is 6.95. The number of benzene rings is 1. The van der Waals surface area contributed by atoms with Gasteiger partial charge in [0.15, 0.2) is 5.58 Å². The van der Waals surface area contributed by atoms with E-state index in [1.54, 1.807) is 18.2 Å². The Bertz CT molecular complexity index is 900. The molecule has 0 bridgehead atoms. The van der Waals surface area contributed by atoms with Crippen LogP contribution in [0.15, 0.2) is 22.6 Å². The molecule has 1 aromatic heterocycles. The van der Waals surface area contributed by atoms with E-state index in [0.29, 0.717) is 29.1 Å². The van der Waals surface area contributed by atoms with Crippen LogP contribution in [0, 0.1) is 11.3 Å². The molecule has 0 radical (unpaired) electrons. The Kier molecular flexibility index (Phi) is 10.7. The molecule has 30 heavy (non-hydrogen) atoms. The molecule has 166 valence electrons. The minimum atomic E-state index is -3.38. The Hall–Kier alpha value is -2.07. The van der Waals surface area contributed by atoms with Crippen LogP contribution in [-0.4, -0.2) is 19.2 Å². The molecular weight excluding hydrogens is 398 g/mol. The Morgan fingerprint density at radius 1 is 0.967 bits per heavy atom. The standard InChI is InChI=1S/C23H35N3O3S/c1-2-3-4-5-6-7-8-9-10-11-12-13-18-30(27,28)26-20-14-15-22-21(19-20)25-23(29-22)16-17-24/h14-15,19,26H,2-13,16,18H2,1H3. The summed E-state index contributed by atoms with van der Waals surface area (Å²) >= 11 is 0. The molecule has 2 aromatic rings. The van der Waals surface area contributed by atoms with Gasteiger partial charge in [-0.15, -0.1) is 0 Å². The van der Waals surface area contributed by atoms with Crippen molar-refractivity contribution in [1.29, 1.82) is 5.26 Å². The number of hydrogen-bond donors (Lipinski definition) is 1. The molecule has 6 nitrogen and oxygen atoms in total. The molecule has 0 fully saturated rings. The van der Waals surface area contributed by atoms with Crippen LogP contribution >= 0.6 is 0 Å². The molecule has 0 aliphatic rings. The molecule has 0 spiro atoms. The SMILES string of the molecule is CCCCCCCCCCCCCCS(=O)(=O)Nc1ccc2oc(CC#N)nc2c1. The molecule has 0 aliphatic carbocycles. The molecular formula is C23H35N3O3S. The third-order valence-electron chi connectivity index (χ3n) is 5.20. The number of fused-ring (bicyclic) bond motifs is 1. The van der Waals surface area contributed by atoms with Gasteiger partial charge in [0.2, 0.25) is 15.9 Å². The number of sulfonamides is 1. The maximum absolute atomic E-state index is 12.3. The molecule has 7 heteroatoms. The van der Waals surface area contributed by atoms with Crippen molar-refractivity contribution in [3.8, 4) is 6.07 Å². The topological polar surface area (TPSA) is 96.0 Å². The molecule has 0 atom stereocenters. The molecule has 2 rings (SSSR count). The average molecular weight is 434 g/mol. The molecule has 1 aromatic carbocycles. The van der Waals surface area contributed by atoms with Crippen molar-refractivity contribution in [2.45, 2.75) is 90.4 Å². The number of rotatable bonds is 16. The number of anilines is 1. The number of nitriles is 1. The normalized spacial score (nSPS) is 11.6. The van der Waals surface area contributed by atoms with E-state index in [1.165, 1.54) is 57.8 Å². The van der Waals surface area contributed by atoms with Crippen molar-refractivity contribution in [3.63, 3.8) is 0 Å². The molecule has 0 aliphatic heterocycles. The zero-order valence-electron chi connectivity index (χ0n) is 18.2. The Labute approximate surface area is 181 Å². The van der Waals surface area contributed by atoms with E-state index in [1.807, 2.05) is 6.07 Å². The van der Waals surface area contributed by atoms with Crippen molar-refractivity contribution < 1.29 is 12.8 Å². The quantitative estimate of drug-likeness (QED) is 0.312. The van der Waals surface area contributed by atoms with Crippen LogP contribution in [0.25, 0.3) is 11.1 Å². The van der Waals surface area contributed by atoms with Gasteiger partial charge in [-0.3, -0.25) is 4.72 Å². The smallest absolute Gasteiger partial charge is 0.232 e. The van der Waals surface area contributed by atoms with Gasteiger partial charge in [0.05, 0.1) is 17.5 Å². The zero-order valence-corrected chi connectivity index (χ0v) is 19.0. The summed E-state index contributed by atoms with van der Waals surface area (Å²) in [5.74, 6) is 0.463. The third kappa shape index (κ3) is 9.17. The summed E-state index contributed by atoms with van der Waals surface area (Å²) in [5.41, 5.74) is 1.56. The van der Waals surface area contributed by atoms with Gasteiger partial charge < -0.3 is 4.42 Å². The largest absolute Gasteiger partial charge is 0.440 e. The second-order valence-corrected chi connectivity index (χ2v) is 9.78. The summed E-state index contributed by atoms with van der Waals surface area (Å²) in [4.78, 5) is 4.20. The molecule has 0 amide bonds. The summed E-state index contributed by atoms with van der Waals surface area (Å²) in [7, 11) is -3.38. The van der Waals surface area contributed by atoms with Crippen LogP contribution in [0.1, 0.15) is 89.9 Å². The lowest BCUT2D eigenvalue weighted by atomic mass is 10.1. The van der Waals surface area contributed by atoms with E-state index in [0.717, 1.165) is 12.8 Å². The number of nitrogens with zero attached hydrogens (tertiary/aromatic N) is 2. The van der Waals surface area contributed by atoms with Crippen molar-refractivity contribution >= 4 is 26.8 Å². The van der Waals surface area contributed by atoms with Gasteiger partial charge in [0.25, 0.3) is 0 Å². The first-order chi connectivity index (χ1) is 14.5. The van der Waals surface area contributed by atoms with Gasteiger partial charge in [-0.2, -0.15) is 5.26 Å². The average Bonchev–Trinajstić information content (AvgIpc) is 3.10. The van der Waals surface area contributed by atoms with E-state index >= 15 is 0 Å². The van der Waals surface area contributed by atoms with E-state index in [2.05, 4.69) is 16.6 Å². The predicted octanol–water partition coefficient (Wildman–Crippen LogP) is 6.34. The summed E-state index contributed by atoms with van der Waals surface area (Å²) in [6.45, 7) is 2.24. The van der Waals surface area contributed by atoms with Crippen LogP contribution < -0.4 is 4.72 Å². The summed E-state index contributed by atoms with van der Waals surface area (Å²) in [6.07, 6.45) is 14.6. The van der Waals surface area contributed by atoms with E-state index in [9.17, 15) is 8.42 Å². The first kappa shape index (κ1) is 24.2. The van der Waals surface area contributed by atoms with Crippen molar-refractivity contribution in [3.05, 3.63) is 24.1 Å². The lowest BCUT2D eigenvalue weighted by Crippen LogP contribution is -2.16. The molecule has 0 saturated carbocycles. The zero-order chi connectivity index (χ0) is 21.7. The number of hydrogen-bond acceptors (Lipinski definition) is 5. The third-order valence-corrected chi connectivity index (χ3v) is 6.57. The molecule has 0 saturated heterocycles. The minimum absolute atomic E-state index is 0.0920. The Balaban J connectivity index is 1.60. The van der Waals surface area contributed by atoms with Gasteiger partial charge in [-0.05, 0) is 24.6 Å². The van der Waals surface area contributed by atoms with E-state index in [-0.39, 0.29) is 12.2 Å². The maximum Gasteiger partial charge on any atom is 0.232 e. The van der Waals surface area contributed by atoms with Crippen LogP contribution in [-0.2, 0) is 16.4 Å². The number of unbranched alkanes of at least 4 members (excludes halogenated alkanes) is 11. The maximum atomic E-state index is 12.3. The monoisotopic (exact) mass is 433 g/mol.